The molecule has 0 spiro atoms. The number of hydrogen-bond donors (Lipinski definition) is 0. The van der Waals surface area contributed by atoms with Crippen LogP contribution in [0.4, 0.5) is 0 Å². The Hall–Kier alpha value is -1.80. The van der Waals surface area contributed by atoms with E-state index in [1.54, 1.807) is 12.1 Å². The van der Waals surface area contributed by atoms with Gasteiger partial charge in [-0.15, -0.1) is 0 Å². The molecule has 0 aliphatic carbocycles. The van der Waals surface area contributed by atoms with Crippen LogP contribution >= 0.6 is 0 Å². The van der Waals surface area contributed by atoms with Crippen molar-refractivity contribution in [2.45, 2.75) is 11.8 Å². The van der Waals surface area contributed by atoms with Crippen molar-refractivity contribution in [3.8, 4) is 11.2 Å². The quantitative estimate of drug-likeness (QED) is 0.414. The van der Waals surface area contributed by atoms with Crippen LogP contribution in [0.1, 0.15) is 5.56 Å². The molecular weight excluding hydrogens is 228 g/mol. The first-order valence-electron chi connectivity index (χ1n) is 4.38. The van der Waals surface area contributed by atoms with Crippen LogP contribution in [0.3, 0.4) is 0 Å². The highest BCUT2D eigenvalue weighted by atomic mass is 32.2. The molecule has 0 amide bonds. The van der Waals surface area contributed by atoms with Crippen molar-refractivity contribution in [3.05, 3.63) is 29.8 Å². The predicted octanol–water partition coefficient (Wildman–Crippen LogP) is 0.903. The highest BCUT2D eigenvalue weighted by Gasteiger charge is 2.10. The second-order valence-electron chi connectivity index (χ2n) is 3.04. The van der Waals surface area contributed by atoms with E-state index in [4.69, 9.17) is 0 Å². The third-order valence-corrected chi connectivity index (χ3v) is 3.07. The summed E-state index contributed by atoms with van der Waals surface area (Å²) < 4.78 is 27.4. The molecule has 16 heavy (non-hydrogen) atoms. The topological polar surface area (TPSA) is 60.4 Å². The Labute approximate surface area is 94.2 Å². The van der Waals surface area contributed by atoms with Crippen LogP contribution in [-0.2, 0) is 19.4 Å². The number of ether oxygens (including phenoxy) is 1. The number of hydrogen-bond acceptors (Lipinski definition) is 4. The molecule has 0 fully saturated rings. The molecule has 0 aliphatic rings. The summed E-state index contributed by atoms with van der Waals surface area (Å²) >= 11 is 0. The lowest BCUT2D eigenvalue weighted by Crippen LogP contribution is -2.00. The van der Waals surface area contributed by atoms with Crippen molar-refractivity contribution < 1.29 is 17.9 Å². The molecule has 1 rings (SSSR count). The molecule has 0 bridgehead atoms. The van der Waals surface area contributed by atoms with E-state index in [1.165, 1.54) is 12.1 Å². The minimum atomic E-state index is -3.74. The number of rotatable bonds is 1. The Morgan fingerprint density at radius 2 is 1.81 bits per heavy atom. The monoisotopic (exact) mass is 238 g/mol. The predicted molar refractivity (Wildman–Crippen MR) is 58.2 cm³/mol. The van der Waals surface area contributed by atoms with Gasteiger partial charge in [-0.1, -0.05) is 17.7 Å². The summed E-state index contributed by atoms with van der Waals surface area (Å²) in [6.07, 6.45) is 0. The van der Waals surface area contributed by atoms with Crippen molar-refractivity contribution >= 4 is 15.8 Å². The number of benzene rings is 1. The normalized spacial score (nSPS) is 10.1. The highest BCUT2D eigenvalue weighted by Crippen LogP contribution is 2.10. The zero-order valence-electron chi connectivity index (χ0n) is 8.85. The Kier molecular flexibility index (Phi) is 3.69. The van der Waals surface area contributed by atoms with Crippen molar-refractivity contribution in [1.82, 2.24) is 0 Å². The number of carbonyl (C=O) groups is 1. The van der Waals surface area contributed by atoms with Crippen LogP contribution in [0.25, 0.3) is 0 Å². The van der Waals surface area contributed by atoms with Crippen molar-refractivity contribution in [2.75, 3.05) is 7.11 Å². The van der Waals surface area contributed by atoms with E-state index in [0.29, 0.717) is 0 Å². The molecule has 0 unspecified atom stereocenters. The van der Waals surface area contributed by atoms with E-state index in [9.17, 15) is 13.2 Å². The summed E-state index contributed by atoms with van der Waals surface area (Å²) in [5.41, 5.74) is 0.944. The van der Waals surface area contributed by atoms with Crippen LogP contribution in [0, 0.1) is 18.1 Å². The molecule has 0 aromatic heterocycles. The van der Waals surface area contributed by atoms with Crippen LogP contribution in [-0.4, -0.2) is 21.5 Å². The largest absolute Gasteiger partial charge is 0.459 e. The van der Waals surface area contributed by atoms with Gasteiger partial charge in [-0.3, -0.25) is 0 Å². The van der Waals surface area contributed by atoms with Crippen molar-refractivity contribution in [2.24, 2.45) is 0 Å². The zero-order chi connectivity index (χ0) is 12.2. The molecule has 0 atom stereocenters. The van der Waals surface area contributed by atoms with E-state index in [2.05, 4.69) is 4.74 Å². The maximum absolute atomic E-state index is 11.6. The lowest BCUT2D eigenvalue weighted by Gasteiger charge is -1.96. The lowest BCUT2D eigenvalue weighted by molar-refractivity contribution is -0.133. The van der Waals surface area contributed by atoms with Gasteiger partial charge in [-0.05, 0) is 19.1 Å². The van der Waals surface area contributed by atoms with E-state index in [0.717, 1.165) is 12.7 Å². The average molecular weight is 238 g/mol. The van der Waals surface area contributed by atoms with Crippen LogP contribution in [0.5, 0.6) is 0 Å². The van der Waals surface area contributed by atoms with Crippen LogP contribution in [0.2, 0.25) is 0 Å². The minimum Gasteiger partial charge on any atom is -0.459 e. The van der Waals surface area contributed by atoms with Crippen LogP contribution < -0.4 is 0 Å². The Morgan fingerprint density at radius 1 is 1.25 bits per heavy atom. The van der Waals surface area contributed by atoms with E-state index in [1.807, 2.05) is 18.1 Å². The summed E-state index contributed by atoms with van der Waals surface area (Å²) in [4.78, 5) is 10.7. The second kappa shape index (κ2) is 4.81. The average Bonchev–Trinajstić information content (AvgIpc) is 2.26. The smallest absolute Gasteiger partial charge is 0.385 e. The first-order chi connectivity index (χ1) is 7.45. The fourth-order valence-electron chi connectivity index (χ4n) is 0.936. The van der Waals surface area contributed by atoms with Gasteiger partial charge < -0.3 is 4.74 Å². The summed E-state index contributed by atoms with van der Waals surface area (Å²) in [5.74, 6) is 1.01. The molecular formula is C11H10O4S. The SMILES string of the molecule is COC(=O)C#CS(=O)(=O)c1ccc(C)cc1. The first-order valence-corrected chi connectivity index (χ1v) is 5.86. The molecule has 4 nitrogen and oxygen atoms in total. The van der Waals surface area contributed by atoms with Crippen molar-refractivity contribution in [3.63, 3.8) is 0 Å². The van der Waals surface area contributed by atoms with Gasteiger partial charge in [0.15, 0.2) is 0 Å². The Balaban J connectivity index is 3.07. The Morgan fingerprint density at radius 3 is 2.31 bits per heavy atom. The van der Waals surface area contributed by atoms with E-state index < -0.39 is 15.8 Å². The third-order valence-electron chi connectivity index (χ3n) is 1.80. The fraction of sp³-hybridized carbons (Fsp3) is 0.182. The van der Waals surface area contributed by atoms with E-state index in [-0.39, 0.29) is 4.90 Å². The summed E-state index contributed by atoms with van der Waals surface area (Å²) in [6, 6.07) is 6.20. The number of aryl methyl sites for hydroxylation is 1. The number of carbonyl (C=O) groups excluding carboxylic acids is 1. The van der Waals surface area contributed by atoms with Gasteiger partial charge in [0.2, 0.25) is 9.84 Å². The summed E-state index contributed by atoms with van der Waals surface area (Å²) in [5, 5.41) is 1.89. The molecule has 84 valence electrons. The van der Waals surface area contributed by atoms with Crippen LogP contribution in [0.15, 0.2) is 29.2 Å². The Bertz CT molecular complexity index is 544. The lowest BCUT2D eigenvalue weighted by atomic mass is 10.2. The molecule has 0 heterocycles. The molecule has 0 radical (unpaired) electrons. The molecule has 5 heteroatoms. The minimum absolute atomic E-state index is 0.0644. The maximum Gasteiger partial charge on any atom is 0.385 e. The second-order valence-corrected chi connectivity index (χ2v) is 4.72. The third kappa shape index (κ3) is 3.11. The molecule has 0 N–H and O–H groups in total. The van der Waals surface area contributed by atoms with Gasteiger partial charge in [-0.2, -0.15) is 0 Å². The maximum atomic E-state index is 11.6. The number of methoxy groups -OCH3 is 1. The van der Waals surface area contributed by atoms with Gasteiger partial charge >= 0.3 is 5.97 Å². The highest BCUT2D eigenvalue weighted by molar-refractivity contribution is 7.96. The summed E-state index contributed by atoms with van der Waals surface area (Å²) in [6.45, 7) is 1.84. The van der Waals surface area contributed by atoms with Crippen molar-refractivity contribution in [1.29, 1.82) is 0 Å². The van der Waals surface area contributed by atoms with Gasteiger partial charge in [0, 0.05) is 11.2 Å². The number of esters is 1. The molecule has 1 aromatic rings. The van der Waals surface area contributed by atoms with Gasteiger partial charge in [0.25, 0.3) is 0 Å². The zero-order valence-corrected chi connectivity index (χ0v) is 9.67. The molecule has 0 saturated carbocycles. The standard InChI is InChI=1S/C11H10O4S/c1-9-3-5-10(6-4-9)16(13,14)8-7-11(12)15-2/h3-6H,1-2H3. The fourth-order valence-corrected chi connectivity index (χ4v) is 1.77. The molecule has 1 aromatic carbocycles. The van der Waals surface area contributed by atoms with E-state index >= 15 is 0 Å². The molecule has 0 saturated heterocycles. The van der Waals surface area contributed by atoms with Gasteiger partial charge in [0.1, 0.15) is 0 Å². The molecule has 0 aliphatic heterocycles. The van der Waals surface area contributed by atoms with Gasteiger partial charge in [-0.25, -0.2) is 13.2 Å². The summed E-state index contributed by atoms with van der Waals surface area (Å²) in [7, 11) is -2.61. The first kappa shape index (κ1) is 12.3. The number of sulfone groups is 1. The van der Waals surface area contributed by atoms with Gasteiger partial charge in [0.05, 0.1) is 12.0 Å².